The Morgan fingerprint density at radius 2 is 2.00 bits per heavy atom. The van der Waals surface area contributed by atoms with E-state index in [0.717, 1.165) is 25.4 Å². The molecule has 0 amide bonds. The summed E-state index contributed by atoms with van der Waals surface area (Å²) in [6.07, 6.45) is 5.56. The smallest absolute Gasteiger partial charge is 0.145 e. The van der Waals surface area contributed by atoms with E-state index in [2.05, 4.69) is 37.7 Å². The summed E-state index contributed by atoms with van der Waals surface area (Å²) < 4.78 is 1.94. The van der Waals surface area contributed by atoms with Crippen LogP contribution in [0.25, 0.3) is 0 Å². The van der Waals surface area contributed by atoms with Gasteiger partial charge in [-0.2, -0.15) is 5.10 Å². The Morgan fingerprint density at radius 1 is 1.32 bits per heavy atom. The third-order valence-electron chi connectivity index (χ3n) is 3.55. The lowest BCUT2D eigenvalue weighted by atomic mass is 10.1. The summed E-state index contributed by atoms with van der Waals surface area (Å²) in [6.45, 7) is 12.4. The van der Waals surface area contributed by atoms with Gasteiger partial charge < -0.3 is 10.6 Å². The molecule has 1 aromatic rings. The molecule has 0 spiro atoms. The van der Waals surface area contributed by atoms with Gasteiger partial charge in [0.05, 0.1) is 0 Å². The highest BCUT2D eigenvalue weighted by atomic mass is 15.3. The summed E-state index contributed by atoms with van der Waals surface area (Å²) >= 11 is 0. The number of nitrogen functional groups attached to an aromatic ring is 1. The van der Waals surface area contributed by atoms with Crippen LogP contribution in [0.15, 0.2) is 12.3 Å². The maximum Gasteiger partial charge on any atom is 0.145 e. The monoisotopic (exact) mass is 266 g/mol. The van der Waals surface area contributed by atoms with Gasteiger partial charge in [-0.25, -0.2) is 0 Å². The summed E-state index contributed by atoms with van der Waals surface area (Å²) in [6, 6.07) is 2.57. The number of nitrogens with zero attached hydrogens (tertiary/aromatic N) is 3. The van der Waals surface area contributed by atoms with Crippen molar-refractivity contribution in [1.82, 2.24) is 14.7 Å². The fraction of sp³-hybridized carbons (Fsp3) is 0.800. The van der Waals surface area contributed by atoms with E-state index in [-0.39, 0.29) is 0 Å². The highest BCUT2D eigenvalue weighted by Gasteiger charge is 2.15. The Labute approximate surface area is 118 Å². The lowest BCUT2D eigenvalue weighted by molar-refractivity contribution is 0.161. The lowest BCUT2D eigenvalue weighted by Gasteiger charge is -2.32. The number of rotatable bonds is 9. The van der Waals surface area contributed by atoms with Gasteiger partial charge >= 0.3 is 0 Å². The molecule has 1 heterocycles. The predicted molar refractivity (Wildman–Crippen MR) is 82.0 cm³/mol. The molecule has 0 fully saturated rings. The molecule has 0 aliphatic rings. The van der Waals surface area contributed by atoms with Crippen molar-refractivity contribution in [3.8, 4) is 0 Å². The average Bonchev–Trinajstić information content (AvgIpc) is 2.75. The van der Waals surface area contributed by atoms with Crippen molar-refractivity contribution in [2.45, 2.75) is 59.5 Å². The molecule has 0 saturated heterocycles. The van der Waals surface area contributed by atoms with Crippen molar-refractivity contribution >= 4 is 5.82 Å². The molecular formula is C15H30N4. The number of hydrogen-bond acceptors (Lipinski definition) is 3. The van der Waals surface area contributed by atoms with Gasteiger partial charge in [0.15, 0.2) is 0 Å². The van der Waals surface area contributed by atoms with Crippen molar-refractivity contribution < 1.29 is 0 Å². The first kappa shape index (κ1) is 16.0. The summed E-state index contributed by atoms with van der Waals surface area (Å²) in [5.41, 5.74) is 5.62. The number of aromatic nitrogens is 2. The molecule has 0 aromatic carbocycles. The zero-order chi connectivity index (χ0) is 14.3. The van der Waals surface area contributed by atoms with Crippen LogP contribution >= 0.6 is 0 Å². The molecule has 0 aliphatic carbocycles. The van der Waals surface area contributed by atoms with Crippen molar-refractivity contribution in [1.29, 1.82) is 0 Å². The van der Waals surface area contributed by atoms with E-state index < -0.39 is 0 Å². The number of aryl methyl sites for hydroxylation is 1. The van der Waals surface area contributed by atoms with Gasteiger partial charge in [-0.15, -0.1) is 0 Å². The van der Waals surface area contributed by atoms with Crippen molar-refractivity contribution in [3.63, 3.8) is 0 Å². The maximum atomic E-state index is 5.62. The van der Waals surface area contributed by atoms with Gasteiger partial charge in [-0.3, -0.25) is 4.68 Å². The fourth-order valence-electron chi connectivity index (χ4n) is 2.63. The van der Waals surface area contributed by atoms with Gasteiger partial charge in [0.25, 0.3) is 0 Å². The number of hydrogen-bond donors (Lipinski definition) is 1. The highest BCUT2D eigenvalue weighted by Crippen LogP contribution is 2.12. The molecule has 0 atom stereocenters. The third kappa shape index (κ3) is 5.64. The standard InChI is InChI=1S/C15H30N4/c1-5-14(6-2)18(12-13(3)4)9-7-10-19-11-8-15(16)17-19/h8,11,13-14H,5-7,9-10,12H2,1-4H3,(H2,16,17). The Hall–Kier alpha value is -1.03. The Kier molecular flexibility index (Phi) is 6.92. The van der Waals surface area contributed by atoms with Crippen LogP contribution in [0, 0.1) is 5.92 Å². The van der Waals surface area contributed by atoms with Crippen LogP contribution in [-0.2, 0) is 6.54 Å². The highest BCUT2D eigenvalue weighted by molar-refractivity contribution is 5.23. The molecule has 1 rings (SSSR count). The van der Waals surface area contributed by atoms with E-state index in [1.807, 2.05) is 16.9 Å². The Bertz CT molecular complexity index is 342. The van der Waals surface area contributed by atoms with Gasteiger partial charge in [0.2, 0.25) is 0 Å². The summed E-state index contributed by atoms with van der Waals surface area (Å²) in [7, 11) is 0. The largest absolute Gasteiger partial charge is 0.382 e. The first-order valence-corrected chi connectivity index (χ1v) is 7.59. The lowest BCUT2D eigenvalue weighted by Crippen LogP contribution is -2.38. The maximum absolute atomic E-state index is 5.62. The van der Waals surface area contributed by atoms with Gasteiger partial charge in [-0.05, 0) is 31.2 Å². The minimum absolute atomic E-state index is 0.610. The van der Waals surface area contributed by atoms with E-state index in [1.54, 1.807) is 0 Å². The second-order valence-electron chi connectivity index (χ2n) is 5.72. The van der Waals surface area contributed by atoms with E-state index >= 15 is 0 Å². The number of nitrogens with two attached hydrogens (primary N) is 1. The quantitative estimate of drug-likeness (QED) is 0.747. The van der Waals surface area contributed by atoms with Crippen LogP contribution in [-0.4, -0.2) is 33.8 Å². The third-order valence-corrected chi connectivity index (χ3v) is 3.55. The van der Waals surface area contributed by atoms with E-state index in [0.29, 0.717) is 11.9 Å². The first-order chi connectivity index (χ1) is 9.06. The molecule has 110 valence electrons. The summed E-state index contributed by atoms with van der Waals surface area (Å²) in [4.78, 5) is 2.64. The minimum Gasteiger partial charge on any atom is -0.382 e. The molecule has 2 N–H and O–H groups in total. The molecule has 4 nitrogen and oxygen atoms in total. The van der Waals surface area contributed by atoms with Gasteiger partial charge in [0, 0.05) is 31.9 Å². The topological polar surface area (TPSA) is 47.1 Å². The second kappa shape index (κ2) is 8.20. The van der Waals surface area contributed by atoms with Crippen LogP contribution in [0.2, 0.25) is 0 Å². The molecule has 4 heteroatoms. The normalized spacial score (nSPS) is 11.9. The molecule has 0 bridgehead atoms. The van der Waals surface area contributed by atoms with Crippen LogP contribution in [0.5, 0.6) is 0 Å². The molecule has 1 aromatic heterocycles. The zero-order valence-corrected chi connectivity index (χ0v) is 13.0. The van der Waals surface area contributed by atoms with Crippen molar-refractivity contribution in [3.05, 3.63) is 12.3 Å². The van der Waals surface area contributed by atoms with Crippen molar-refractivity contribution in [2.75, 3.05) is 18.8 Å². The van der Waals surface area contributed by atoms with Crippen LogP contribution in [0.3, 0.4) is 0 Å². The van der Waals surface area contributed by atoms with Crippen LogP contribution in [0.4, 0.5) is 5.82 Å². The van der Waals surface area contributed by atoms with Crippen LogP contribution < -0.4 is 5.73 Å². The molecule has 0 saturated carbocycles. The van der Waals surface area contributed by atoms with E-state index in [9.17, 15) is 0 Å². The van der Waals surface area contributed by atoms with E-state index in [4.69, 9.17) is 5.73 Å². The number of anilines is 1. The SMILES string of the molecule is CCC(CC)N(CCCn1ccc(N)n1)CC(C)C. The van der Waals surface area contributed by atoms with Gasteiger partial charge in [0.1, 0.15) is 5.82 Å². The zero-order valence-electron chi connectivity index (χ0n) is 13.0. The average molecular weight is 266 g/mol. The second-order valence-corrected chi connectivity index (χ2v) is 5.72. The molecule has 0 aliphatic heterocycles. The fourth-order valence-corrected chi connectivity index (χ4v) is 2.63. The van der Waals surface area contributed by atoms with E-state index in [1.165, 1.54) is 19.4 Å². The first-order valence-electron chi connectivity index (χ1n) is 7.59. The van der Waals surface area contributed by atoms with Crippen LogP contribution in [0.1, 0.15) is 47.0 Å². The van der Waals surface area contributed by atoms with Gasteiger partial charge in [-0.1, -0.05) is 27.7 Å². The summed E-state index contributed by atoms with van der Waals surface area (Å²) in [5.74, 6) is 1.33. The Morgan fingerprint density at radius 3 is 2.47 bits per heavy atom. The summed E-state index contributed by atoms with van der Waals surface area (Å²) in [5, 5.41) is 4.23. The molecule has 0 radical (unpaired) electrons. The van der Waals surface area contributed by atoms with Crippen molar-refractivity contribution in [2.24, 2.45) is 5.92 Å². The molecule has 0 unspecified atom stereocenters. The molecular weight excluding hydrogens is 236 g/mol. The minimum atomic E-state index is 0.610. The molecule has 19 heavy (non-hydrogen) atoms. The Balaban J connectivity index is 2.43. The predicted octanol–water partition coefficient (Wildman–Crippen LogP) is 3.00.